The van der Waals surface area contributed by atoms with Gasteiger partial charge in [0.1, 0.15) is 6.10 Å². The molecule has 1 aromatic rings. The Morgan fingerprint density at radius 3 is 2.92 bits per heavy atom. The van der Waals surface area contributed by atoms with Gasteiger partial charge in [-0.1, -0.05) is 0 Å². The van der Waals surface area contributed by atoms with Crippen molar-refractivity contribution >= 4 is 16.5 Å². The van der Waals surface area contributed by atoms with Crippen LogP contribution in [0.15, 0.2) is 11.6 Å². The van der Waals surface area contributed by atoms with E-state index < -0.39 is 12.5 Å². The Balaban J connectivity index is 2.27. The number of nitrogens with one attached hydrogen (secondary N) is 1. The molecule has 0 fully saturated rings. The highest BCUT2D eigenvalue weighted by Crippen LogP contribution is 2.10. The maximum absolute atomic E-state index is 11.7. The van der Waals surface area contributed by atoms with Crippen molar-refractivity contribution in [3.63, 3.8) is 0 Å². The number of hydrogen-bond acceptors (Lipinski definition) is 4. The largest absolute Gasteiger partial charge is 0.385 e. The van der Waals surface area contributed by atoms with Gasteiger partial charge in [0.15, 0.2) is 5.13 Å². The number of hydrogen-bond donors (Lipinski definition) is 2. The third kappa shape index (κ3) is 2.71. The van der Waals surface area contributed by atoms with E-state index in [1.165, 1.54) is 11.3 Å². The van der Waals surface area contributed by atoms with E-state index in [4.69, 9.17) is 5.11 Å². The van der Waals surface area contributed by atoms with E-state index in [0.717, 1.165) is 0 Å². The molecule has 0 aliphatic carbocycles. The van der Waals surface area contributed by atoms with Crippen LogP contribution in [0.3, 0.4) is 0 Å². The van der Waals surface area contributed by atoms with Crippen molar-refractivity contribution in [2.24, 2.45) is 0 Å². The van der Waals surface area contributed by atoms with Crippen LogP contribution < -0.4 is 5.32 Å². The van der Waals surface area contributed by atoms with Gasteiger partial charge >= 0.3 is 0 Å². The van der Waals surface area contributed by atoms with Gasteiger partial charge in [0.05, 0.1) is 0 Å². The van der Waals surface area contributed by atoms with E-state index >= 15 is 0 Å². The number of aliphatic hydroxyl groups excluding tert-OH is 1. The van der Waals surface area contributed by atoms with Crippen LogP contribution in [0.4, 0.5) is 13.9 Å². The normalized spacial score (nSPS) is 13.3. The monoisotopic (exact) mass is 194 g/mol. The van der Waals surface area contributed by atoms with Crippen molar-refractivity contribution in [1.29, 1.82) is 0 Å². The Bertz CT molecular complexity index is 217. The van der Waals surface area contributed by atoms with Crippen molar-refractivity contribution in [3.05, 3.63) is 11.6 Å². The van der Waals surface area contributed by atoms with Crippen LogP contribution in [0.2, 0.25) is 0 Å². The highest BCUT2D eigenvalue weighted by Gasteiger charge is 2.16. The zero-order valence-electron chi connectivity index (χ0n) is 6.08. The van der Waals surface area contributed by atoms with E-state index in [9.17, 15) is 8.78 Å². The summed E-state index contributed by atoms with van der Waals surface area (Å²) >= 11 is 1.30. The third-order valence-electron chi connectivity index (χ3n) is 1.19. The van der Waals surface area contributed by atoms with E-state index in [0.29, 0.717) is 5.13 Å². The number of nitrogens with zero attached hydrogens (tertiary/aromatic N) is 1. The lowest BCUT2D eigenvalue weighted by Crippen LogP contribution is -2.26. The van der Waals surface area contributed by atoms with E-state index in [-0.39, 0.29) is 6.54 Å². The summed E-state index contributed by atoms with van der Waals surface area (Å²) in [4.78, 5) is 3.80. The zero-order valence-corrected chi connectivity index (χ0v) is 6.89. The summed E-state index contributed by atoms with van der Waals surface area (Å²) in [7, 11) is 0. The van der Waals surface area contributed by atoms with Crippen LogP contribution in [0, 0.1) is 0 Å². The molecule has 68 valence electrons. The molecule has 0 spiro atoms. The van der Waals surface area contributed by atoms with Crippen molar-refractivity contribution < 1.29 is 13.9 Å². The molecule has 0 saturated heterocycles. The molecule has 0 bridgehead atoms. The molecule has 2 N–H and O–H groups in total. The number of anilines is 1. The Morgan fingerprint density at radius 2 is 2.42 bits per heavy atom. The van der Waals surface area contributed by atoms with Gasteiger partial charge in [0, 0.05) is 18.1 Å². The van der Waals surface area contributed by atoms with Crippen LogP contribution in [0.5, 0.6) is 0 Å². The van der Waals surface area contributed by atoms with Crippen molar-refractivity contribution in [2.45, 2.75) is 12.5 Å². The van der Waals surface area contributed by atoms with Crippen LogP contribution >= 0.6 is 11.3 Å². The molecule has 3 nitrogen and oxygen atoms in total. The summed E-state index contributed by atoms with van der Waals surface area (Å²) in [5.74, 6) is 0. The summed E-state index contributed by atoms with van der Waals surface area (Å²) in [6, 6.07) is 0. The minimum Gasteiger partial charge on any atom is -0.385 e. The highest BCUT2D eigenvalue weighted by molar-refractivity contribution is 7.13. The van der Waals surface area contributed by atoms with Gasteiger partial charge in [-0.2, -0.15) is 0 Å². The smallest absolute Gasteiger partial charge is 0.265 e. The van der Waals surface area contributed by atoms with Crippen LogP contribution in [0.1, 0.15) is 0 Å². The first-order valence-electron chi connectivity index (χ1n) is 3.29. The fraction of sp³-hybridized carbons (Fsp3) is 0.500. The average molecular weight is 194 g/mol. The second-order valence-electron chi connectivity index (χ2n) is 2.12. The van der Waals surface area contributed by atoms with Gasteiger partial charge in [-0.3, -0.25) is 0 Å². The number of aliphatic hydroxyl groups is 1. The van der Waals surface area contributed by atoms with Crippen molar-refractivity contribution in [2.75, 3.05) is 11.9 Å². The zero-order chi connectivity index (χ0) is 8.97. The molecule has 0 aliphatic rings. The summed E-state index contributed by atoms with van der Waals surface area (Å²) < 4.78 is 23.5. The predicted molar refractivity (Wildman–Crippen MR) is 42.6 cm³/mol. The fourth-order valence-electron chi connectivity index (χ4n) is 0.592. The van der Waals surface area contributed by atoms with Gasteiger partial charge < -0.3 is 10.4 Å². The predicted octanol–water partition coefficient (Wildman–Crippen LogP) is 1.18. The number of thiazole rings is 1. The lowest BCUT2D eigenvalue weighted by atomic mass is 10.4. The Kier molecular flexibility index (Phi) is 3.36. The molecule has 0 radical (unpaired) electrons. The number of alkyl halides is 2. The number of aromatic nitrogens is 1. The van der Waals surface area contributed by atoms with Gasteiger partial charge in [-0.15, -0.1) is 11.3 Å². The highest BCUT2D eigenvalue weighted by atomic mass is 32.1. The van der Waals surface area contributed by atoms with E-state index in [1.54, 1.807) is 11.6 Å². The van der Waals surface area contributed by atoms with Gasteiger partial charge in [-0.05, 0) is 0 Å². The topological polar surface area (TPSA) is 45.1 Å². The van der Waals surface area contributed by atoms with Gasteiger partial charge in [0.25, 0.3) is 6.43 Å². The van der Waals surface area contributed by atoms with Crippen molar-refractivity contribution in [3.8, 4) is 0 Å². The molecule has 0 saturated carbocycles. The molecule has 1 aromatic heterocycles. The minimum atomic E-state index is -2.71. The van der Waals surface area contributed by atoms with Crippen LogP contribution in [-0.4, -0.2) is 29.2 Å². The summed E-state index contributed by atoms with van der Waals surface area (Å²) in [6.07, 6.45) is -2.78. The number of rotatable bonds is 4. The third-order valence-corrected chi connectivity index (χ3v) is 1.92. The first-order chi connectivity index (χ1) is 5.70. The lowest BCUT2D eigenvalue weighted by Gasteiger charge is -2.08. The van der Waals surface area contributed by atoms with Crippen LogP contribution in [0.25, 0.3) is 0 Å². The van der Waals surface area contributed by atoms with Crippen molar-refractivity contribution in [1.82, 2.24) is 4.98 Å². The summed E-state index contributed by atoms with van der Waals surface area (Å²) in [5, 5.41) is 13.5. The Hall–Kier alpha value is -0.750. The maximum Gasteiger partial charge on any atom is 0.265 e. The fourth-order valence-corrected chi connectivity index (χ4v) is 1.13. The molecule has 12 heavy (non-hydrogen) atoms. The average Bonchev–Trinajstić information content (AvgIpc) is 2.51. The summed E-state index contributed by atoms with van der Waals surface area (Å²) in [6.45, 7) is -0.175. The molecule has 0 aliphatic heterocycles. The Labute approximate surface area is 72.1 Å². The quantitative estimate of drug-likeness (QED) is 0.756. The lowest BCUT2D eigenvalue weighted by molar-refractivity contribution is 0.00384. The molecule has 6 heteroatoms. The molecule has 0 aromatic carbocycles. The first kappa shape index (κ1) is 9.34. The van der Waals surface area contributed by atoms with Gasteiger partial charge in [0.2, 0.25) is 0 Å². The second kappa shape index (κ2) is 4.32. The Morgan fingerprint density at radius 1 is 1.67 bits per heavy atom. The molecule has 1 unspecified atom stereocenters. The second-order valence-corrected chi connectivity index (χ2v) is 3.01. The molecule has 1 rings (SSSR count). The SMILES string of the molecule is OC(CNc1nccs1)C(F)F. The summed E-state index contributed by atoms with van der Waals surface area (Å²) in [5.41, 5.74) is 0. The first-order valence-corrected chi connectivity index (χ1v) is 4.17. The molecular formula is C6H8F2N2OS. The number of halogens is 2. The minimum absolute atomic E-state index is 0.175. The standard InChI is InChI=1S/C6H8F2N2OS/c7-5(8)4(11)3-10-6-9-1-2-12-6/h1-2,4-5,11H,3H2,(H,9,10). The maximum atomic E-state index is 11.7. The molecular weight excluding hydrogens is 186 g/mol. The molecule has 1 heterocycles. The molecule has 0 amide bonds. The van der Waals surface area contributed by atoms with Gasteiger partial charge in [-0.25, -0.2) is 13.8 Å². The van der Waals surface area contributed by atoms with E-state index in [1.807, 2.05) is 0 Å². The molecule has 1 atom stereocenters. The van der Waals surface area contributed by atoms with E-state index in [2.05, 4.69) is 10.3 Å². The van der Waals surface area contributed by atoms with Crippen LogP contribution in [-0.2, 0) is 0 Å².